The van der Waals surface area contributed by atoms with Gasteiger partial charge in [-0.2, -0.15) is 0 Å². The van der Waals surface area contributed by atoms with E-state index in [1.54, 1.807) is 6.92 Å². The maximum Gasteiger partial charge on any atom is 0.311 e. The van der Waals surface area contributed by atoms with Crippen LogP contribution in [0.4, 0.5) is 0 Å². The summed E-state index contributed by atoms with van der Waals surface area (Å²) in [5.74, 6) is -4.83. The van der Waals surface area contributed by atoms with Gasteiger partial charge >= 0.3 is 23.9 Å². The molecule has 1 heterocycles. The molecule has 1 saturated heterocycles. The van der Waals surface area contributed by atoms with Crippen LogP contribution < -0.4 is 0 Å². The quantitative estimate of drug-likeness (QED) is 0.169. The zero-order valence-electron chi connectivity index (χ0n) is 25.7. The molecule has 2 aliphatic carbocycles. The van der Waals surface area contributed by atoms with Crippen LogP contribution in [0.2, 0.25) is 0 Å². The molecule has 3 rings (SSSR count). The summed E-state index contributed by atoms with van der Waals surface area (Å²) < 4.78 is 29.0. The third-order valence-corrected chi connectivity index (χ3v) is 9.18. The highest BCUT2D eigenvalue weighted by atomic mass is 16.6. The lowest BCUT2D eigenvalue weighted by Gasteiger charge is -2.54. The first-order chi connectivity index (χ1) is 19.3. The summed E-state index contributed by atoms with van der Waals surface area (Å²) in [6.45, 7) is 12.2. The van der Waals surface area contributed by atoms with Crippen molar-refractivity contribution < 1.29 is 47.7 Å². The lowest BCUT2D eigenvalue weighted by atomic mass is 9.53. The van der Waals surface area contributed by atoms with Crippen molar-refractivity contribution in [3.05, 3.63) is 11.6 Å². The Morgan fingerprint density at radius 1 is 1.05 bits per heavy atom. The number of ether oxygens (including phenoxy) is 5. The standard InChI is InChI=1S/C31H46O10/c1-9-11-25(33)39-21-16-23(38-20(6)32)30(7)22(40-26(34)12-10-2)14-13-17(3)15-24-31(41-24,19(5)29(36)37-8)28(35)27(30)18(21)4/h15,18-19,21-24,27H,9-14,16H2,1-8H3/b17-15-/t18-,19+,21-,22-,23+,24-,27-,30+,31+/m1/s1. The van der Waals surface area contributed by atoms with E-state index < -0.39 is 77.1 Å². The number of fused-ring (bicyclic) bond motifs is 2. The number of Topliss-reactive ketones (excluding diaryl/α,β-unsaturated/α-hetero) is 1. The molecule has 0 aromatic carbocycles. The molecular formula is C31H46O10. The summed E-state index contributed by atoms with van der Waals surface area (Å²) >= 11 is 0. The fourth-order valence-electron chi connectivity index (χ4n) is 6.86. The Kier molecular flexibility index (Phi) is 10.4. The molecule has 9 atom stereocenters. The van der Waals surface area contributed by atoms with Gasteiger partial charge in [-0.15, -0.1) is 0 Å². The number of rotatable bonds is 9. The number of hydrogen-bond donors (Lipinski definition) is 0. The second kappa shape index (κ2) is 13.0. The minimum absolute atomic E-state index is 0.136. The fourth-order valence-corrected chi connectivity index (χ4v) is 6.86. The Morgan fingerprint density at radius 3 is 2.22 bits per heavy atom. The molecule has 0 radical (unpaired) electrons. The molecule has 10 heteroatoms. The molecule has 41 heavy (non-hydrogen) atoms. The van der Waals surface area contributed by atoms with Gasteiger partial charge in [-0.1, -0.05) is 39.3 Å². The Bertz CT molecular complexity index is 1070. The van der Waals surface area contributed by atoms with E-state index in [1.165, 1.54) is 14.0 Å². The molecule has 1 saturated carbocycles. The number of ketones is 1. The van der Waals surface area contributed by atoms with Crippen molar-refractivity contribution in [2.75, 3.05) is 7.11 Å². The van der Waals surface area contributed by atoms with Gasteiger partial charge < -0.3 is 23.7 Å². The summed E-state index contributed by atoms with van der Waals surface area (Å²) in [5, 5.41) is 0. The minimum Gasteiger partial charge on any atom is -0.469 e. The van der Waals surface area contributed by atoms with Gasteiger partial charge in [0.05, 0.1) is 18.4 Å². The highest BCUT2D eigenvalue weighted by molar-refractivity contribution is 5.98. The number of esters is 4. The third-order valence-electron chi connectivity index (χ3n) is 9.18. The monoisotopic (exact) mass is 578 g/mol. The minimum atomic E-state index is -1.53. The van der Waals surface area contributed by atoms with Crippen LogP contribution >= 0.6 is 0 Å². The van der Waals surface area contributed by atoms with E-state index in [9.17, 15) is 24.0 Å². The first-order valence-electron chi connectivity index (χ1n) is 14.8. The molecule has 2 fully saturated rings. The van der Waals surface area contributed by atoms with Crippen molar-refractivity contribution in [1.29, 1.82) is 0 Å². The summed E-state index contributed by atoms with van der Waals surface area (Å²) in [7, 11) is 1.26. The summed E-state index contributed by atoms with van der Waals surface area (Å²) in [6, 6.07) is 0. The van der Waals surface area contributed by atoms with Crippen molar-refractivity contribution >= 4 is 29.7 Å². The summed E-state index contributed by atoms with van der Waals surface area (Å²) in [6.07, 6.45) is 1.32. The molecule has 0 unspecified atom stereocenters. The molecule has 230 valence electrons. The van der Waals surface area contributed by atoms with Gasteiger partial charge in [0.1, 0.15) is 24.4 Å². The highest BCUT2D eigenvalue weighted by Gasteiger charge is 2.72. The topological polar surface area (TPSA) is 135 Å². The number of carbonyl (C=O) groups excluding carboxylic acids is 5. The molecular weight excluding hydrogens is 532 g/mol. The Morgan fingerprint density at radius 2 is 1.66 bits per heavy atom. The predicted octanol–water partition coefficient (Wildman–Crippen LogP) is 4.26. The normalized spacial score (nSPS) is 36.8. The van der Waals surface area contributed by atoms with Crippen LogP contribution in [0.5, 0.6) is 0 Å². The summed E-state index contributed by atoms with van der Waals surface area (Å²) in [4.78, 5) is 65.7. The van der Waals surface area contributed by atoms with Gasteiger partial charge in [0.15, 0.2) is 11.4 Å². The maximum atomic E-state index is 14.9. The van der Waals surface area contributed by atoms with E-state index in [1.807, 2.05) is 40.7 Å². The molecule has 10 nitrogen and oxygen atoms in total. The first kappa shape index (κ1) is 32.8. The van der Waals surface area contributed by atoms with E-state index in [0.717, 1.165) is 5.57 Å². The third kappa shape index (κ3) is 6.37. The van der Waals surface area contributed by atoms with Crippen LogP contribution in [-0.4, -0.2) is 66.8 Å². The Labute approximate surface area is 242 Å². The molecule has 3 aliphatic rings. The maximum absolute atomic E-state index is 14.9. The zero-order chi connectivity index (χ0) is 30.7. The predicted molar refractivity (Wildman–Crippen MR) is 147 cm³/mol. The van der Waals surface area contributed by atoms with Crippen molar-refractivity contribution in [2.24, 2.45) is 23.2 Å². The van der Waals surface area contributed by atoms with Gasteiger partial charge in [0.25, 0.3) is 0 Å². The van der Waals surface area contributed by atoms with E-state index in [4.69, 9.17) is 23.7 Å². The van der Waals surface area contributed by atoms with Crippen LogP contribution in [0.3, 0.4) is 0 Å². The van der Waals surface area contributed by atoms with Crippen LogP contribution in [-0.2, 0) is 47.7 Å². The number of hydrogen-bond acceptors (Lipinski definition) is 10. The van der Waals surface area contributed by atoms with E-state index in [-0.39, 0.29) is 25.0 Å². The van der Waals surface area contributed by atoms with E-state index in [2.05, 4.69) is 0 Å². The lowest BCUT2D eigenvalue weighted by molar-refractivity contribution is -0.212. The second-order valence-electron chi connectivity index (χ2n) is 12.0. The van der Waals surface area contributed by atoms with Crippen molar-refractivity contribution in [3.8, 4) is 0 Å². The SMILES string of the molecule is CCCC(=O)O[C@@H]1C[C@H](OC(C)=O)[C@]2(C)[C@H](OC(=O)CCC)CC/C(C)=C\[C@H]3O[C@]3([C@@H](C)C(=O)OC)C(=O)[C@H]2[C@@H]1C. The molecule has 1 aliphatic heterocycles. The van der Waals surface area contributed by atoms with Gasteiger partial charge in [0, 0.05) is 38.0 Å². The van der Waals surface area contributed by atoms with Crippen LogP contribution in [0.1, 0.15) is 93.4 Å². The average molecular weight is 579 g/mol. The molecule has 0 bridgehead atoms. The van der Waals surface area contributed by atoms with Crippen LogP contribution in [0.25, 0.3) is 0 Å². The lowest BCUT2D eigenvalue weighted by Crippen LogP contribution is -2.64. The van der Waals surface area contributed by atoms with Gasteiger partial charge in [-0.05, 0) is 39.5 Å². The van der Waals surface area contributed by atoms with Gasteiger partial charge in [-0.25, -0.2) is 0 Å². The Hall–Kier alpha value is -2.75. The van der Waals surface area contributed by atoms with E-state index >= 15 is 0 Å². The van der Waals surface area contributed by atoms with Crippen molar-refractivity contribution in [2.45, 2.75) is 123 Å². The number of methoxy groups -OCH3 is 1. The van der Waals surface area contributed by atoms with Crippen molar-refractivity contribution in [3.63, 3.8) is 0 Å². The van der Waals surface area contributed by atoms with E-state index in [0.29, 0.717) is 25.7 Å². The van der Waals surface area contributed by atoms with Crippen LogP contribution in [0, 0.1) is 23.2 Å². The first-order valence-corrected chi connectivity index (χ1v) is 14.8. The number of carbonyl (C=O) groups is 5. The van der Waals surface area contributed by atoms with Gasteiger partial charge in [-0.3, -0.25) is 24.0 Å². The molecule has 0 spiro atoms. The van der Waals surface area contributed by atoms with Crippen LogP contribution in [0.15, 0.2) is 11.6 Å². The molecule has 0 amide bonds. The number of epoxide rings is 1. The molecule has 0 aromatic heterocycles. The summed E-state index contributed by atoms with van der Waals surface area (Å²) in [5.41, 5.74) is -1.82. The largest absolute Gasteiger partial charge is 0.469 e. The fraction of sp³-hybridized carbons (Fsp3) is 0.774. The molecule has 0 N–H and O–H groups in total. The second-order valence-corrected chi connectivity index (χ2v) is 12.0. The smallest absolute Gasteiger partial charge is 0.311 e. The average Bonchev–Trinajstić information content (AvgIpc) is 3.62. The van der Waals surface area contributed by atoms with Crippen molar-refractivity contribution in [1.82, 2.24) is 0 Å². The molecule has 0 aromatic rings. The Balaban J connectivity index is 2.24. The number of allylic oxidation sites excluding steroid dienone is 1. The highest BCUT2D eigenvalue weighted by Crippen LogP contribution is 2.58. The van der Waals surface area contributed by atoms with Gasteiger partial charge in [0.2, 0.25) is 0 Å². The zero-order valence-corrected chi connectivity index (χ0v) is 25.7.